The lowest BCUT2D eigenvalue weighted by atomic mass is 9.94. The van der Waals surface area contributed by atoms with E-state index in [9.17, 15) is 13.5 Å². The molecule has 1 N–H and O–H groups in total. The van der Waals surface area contributed by atoms with Gasteiger partial charge in [0.05, 0.1) is 11.5 Å². The molecule has 0 bridgehead atoms. The van der Waals surface area contributed by atoms with Crippen molar-refractivity contribution in [2.75, 3.05) is 7.05 Å². The van der Waals surface area contributed by atoms with E-state index >= 15 is 0 Å². The van der Waals surface area contributed by atoms with Gasteiger partial charge in [-0.1, -0.05) is 12.5 Å². The summed E-state index contributed by atoms with van der Waals surface area (Å²) in [5.41, 5.74) is 2.33. The van der Waals surface area contributed by atoms with Crippen LogP contribution in [0.1, 0.15) is 36.0 Å². The highest BCUT2D eigenvalue weighted by Crippen LogP contribution is 2.30. The molecule has 106 valence electrons. The molecule has 1 aromatic carbocycles. The molecule has 1 aromatic rings. The van der Waals surface area contributed by atoms with Crippen LogP contribution in [0.3, 0.4) is 0 Å². The van der Waals surface area contributed by atoms with Crippen LogP contribution in [0.25, 0.3) is 0 Å². The third kappa shape index (κ3) is 2.55. The Morgan fingerprint density at radius 3 is 2.37 bits per heavy atom. The maximum absolute atomic E-state index is 12.6. The first-order valence-corrected chi connectivity index (χ1v) is 8.01. The highest BCUT2D eigenvalue weighted by atomic mass is 32.2. The van der Waals surface area contributed by atoms with Gasteiger partial charge in [0.1, 0.15) is 0 Å². The van der Waals surface area contributed by atoms with E-state index in [1.54, 1.807) is 20.0 Å². The highest BCUT2D eigenvalue weighted by Gasteiger charge is 2.32. The molecule has 0 aromatic heterocycles. The Morgan fingerprint density at radius 1 is 1.26 bits per heavy atom. The molecule has 0 aliphatic heterocycles. The quantitative estimate of drug-likeness (QED) is 0.919. The van der Waals surface area contributed by atoms with Gasteiger partial charge in [-0.3, -0.25) is 0 Å². The lowest BCUT2D eigenvalue weighted by molar-refractivity contribution is 0.249. The number of hydrogen-bond donors (Lipinski definition) is 1. The SMILES string of the molecule is Cc1cc(C)c(S(=O)(=O)N(C)C2CCC2)cc1CO. The minimum atomic E-state index is -3.46. The number of aliphatic hydroxyl groups excluding tert-OH is 1. The molecule has 0 saturated heterocycles. The summed E-state index contributed by atoms with van der Waals surface area (Å²) in [6, 6.07) is 3.56. The van der Waals surface area contributed by atoms with Gasteiger partial charge in [0.25, 0.3) is 0 Å². The van der Waals surface area contributed by atoms with E-state index in [0.29, 0.717) is 10.5 Å². The van der Waals surface area contributed by atoms with E-state index in [-0.39, 0.29) is 12.6 Å². The Hall–Kier alpha value is -0.910. The van der Waals surface area contributed by atoms with Crippen LogP contribution in [0.4, 0.5) is 0 Å². The zero-order valence-corrected chi connectivity index (χ0v) is 12.5. The first-order chi connectivity index (χ1) is 8.87. The van der Waals surface area contributed by atoms with Gasteiger partial charge in [0, 0.05) is 13.1 Å². The Balaban J connectivity index is 2.44. The summed E-state index contributed by atoms with van der Waals surface area (Å²) in [6.07, 6.45) is 2.97. The lowest BCUT2D eigenvalue weighted by Crippen LogP contribution is -2.41. The number of sulfonamides is 1. The average Bonchev–Trinajstić information content (AvgIpc) is 2.26. The van der Waals surface area contributed by atoms with E-state index in [1.165, 1.54) is 4.31 Å². The summed E-state index contributed by atoms with van der Waals surface area (Å²) in [7, 11) is -1.81. The van der Waals surface area contributed by atoms with Crippen molar-refractivity contribution in [1.29, 1.82) is 0 Å². The summed E-state index contributed by atoms with van der Waals surface area (Å²) in [4.78, 5) is 0.316. The van der Waals surface area contributed by atoms with Gasteiger partial charge in [0.15, 0.2) is 0 Å². The molecule has 1 fully saturated rings. The minimum Gasteiger partial charge on any atom is -0.392 e. The summed E-state index contributed by atoms with van der Waals surface area (Å²) in [5.74, 6) is 0. The summed E-state index contributed by atoms with van der Waals surface area (Å²) in [6.45, 7) is 3.54. The minimum absolute atomic E-state index is 0.128. The fraction of sp³-hybridized carbons (Fsp3) is 0.571. The van der Waals surface area contributed by atoms with Crippen molar-refractivity contribution in [2.45, 2.75) is 50.7 Å². The normalized spacial score (nSPS) is 16.7. The molecule has 1 saturated carbocycles. The second-order valence-corrected chi connectivity index (χ2v) is 7.27. The zero-order chi connectivity index (χ0) is 14.2. The first kappa shape index (κ1) is 14.5. The van der Waals surface area contributed by atoms with Crippen LogP contribution in [-0.4, -0.2) is 30.9 Å². The molecule has 0 amide bonds. The van der Waals surface area contributed by atoms with E-state index in [0.717, 1.165) is 30.4 Å². The third-order valence-corrected chi connectivity index (χ3v) is 6.10. The molecule has 0 radical (unpaired) electrons. The van der Waals surface area contributed by atoms with Gasteiger partial charge in [-0.25, -0.2) is 8.42 Å². The molecule has 0 atom stereocenters. The van der Waals surface area contributed by atoms with Crippen molar-refractivity contribution in [3.05, 3.63) is 28.8 Å². The van der Waals surface area contributed by atoms with E-state index in [2.05, 4.69) is 0 Å². The van der Waals surface area contributed by atoms with Crippen molar-refractivity contribution in [3.8, 4) is 0 Å². The molecule has 1 aliphatic carbocycles. The van der Waals surface area contributed by atoms with E-state index < -0.39 is 10.0 Å². The van der Waals surface area contributed by atoms with Gasteiger partial charge in [-0.05, 0) is 49.4 Å². The van der Waals surface area contributed by atoms with Crippen LogP contribution in [0.2, 0.25) is 0 Å². The van der Waals surface area contributed by atoms with Crippen LogP contribution in [0, 0.1) is 13.8 Å². The lowest BCUT2D eigenvalue weighted by Gasteiger charge is -2.34. The summed E-state index contributed by atoms with van der Waals surface area (Å²) < 4.78 is 26.7. The molecule has 5 heteroatoms. The second-order valence-electron chi connectivity index (χ2n) is 5.31. The van der Waals surface area contributed by atoms with Crippen molar-refractivity contribution in [2.24, 2.45) is 0 Å². The number of aliphatic hydroxyl groups is 1. The second kappa shape index (κ2) is 5.23. The maximum atomic E-state index is 12.6. The fourth-order valence-corrected chi connectivity index (χ4v) is 4.10. The van der Waals surface area contributed by atoms with Crippen LogP contribution in [0.15, 0.2) is 17.0 Å². The molecule has 0 heterocycles. The molecule has 0 spiro atoms. The number of aryl methyl sites for hydroxylation is 2. The van der Waals surface area contributed by atoms with E-state index in [4.69, 9.17) is 0 Å². The largest absolute Gasteiger partial charge is 0.392 e. The average molecular weight is 283 g/mol. The van der Waals surface area contributed by atoms with Crippen LogP contribution < -0.4 is 0 Å². The predicted molar refractivity (Wildman–Crippen MR) is 74.4 cm³/mol. The maximum Gasteiger partial charge on any atom is 0.243 e. The molecular weight excluding hydrogens is 262 g/mol. The Bertz CT molecular complexity index is 577. The van der Waals surface area contributed by atoms with Gasteiger partial charge < -0.3 is 5.11 Å². The Kier molecular flexibility index (Phi) is 3.99. The summed E-state index contributed by atoms with van der Waals surface area (Å²) in [5, 5.41) is 9.30. The monoisotopic (exact) mass is 283 g/mol. The number of rotatable bonds is 4. The fourth-order valence-electron chi connectivity index (χ4n) is 2.42. The summed E-state index contributed by atoms with van der Waals surface area (Å²) >= 11 is 0. The molecule has 4 nitrogen and oxygen atoms in total. The van der Waals surface area contributed by atoms with Gasteiger partial charge in [-0.2, -0.15) is 4.31 Å². The molecule has 0 unspecified atom stereocenters. The van der Waals surface area contributed by atoms with Gasteiger partial charge in [0.2, 0.25) is 10.0 Å². The topological polar surface area (TPSA) is 57.6 Å². The number of benzene rings is 1. The zero-order valence-electron chi connectivity index (χ0n) is 11.7. The molecule has 1 aliphatic rings. The van der Waals surface area contributed by atoms with Gasteiger partial charge >= 0.3 is 0 Å². The number of nitrogens with zero attached hydrogens (tertiary/aromatic N) is 1. The van der Waals surface area contributed by atoms with Crippen molar-refractivity contribution < 1.29 is 13.5 Å². The molecule has 19 heavy (non-hydrogen) atoms. The first-order valence-electron chi connectivity index (χ1n) is 6.57. The van der Waals surface area contributed by atoms with Crippen molar-refractivity contribution >= 4 is 10.0 Å². The number of hydrogen-bond acceptors (Lipinski definition) is 3. The van der Waals surface area contributed by atoms with Crippen LogP contribution >= 0.6 is 0 Å². The predicted octanol–water partition coefficient (Wildman–Crippen LogP) is 1.97. The smallest absolute Gasteiger partial charge is 0.243 e. The molecule has 2 rings (SSSR count). The standard InChI is InChI=1S/C14H21NO3S/c1-10-7-11(2)14(8-12(10)9-16)19(17,18)15(3)13-5-4-6-13/h7-8,13,16H,4-6,9H2,1-3H3. The van der Waals surface area contributed by atoms with Crippen LogP contribution in [0.5, 0.6) is 0 Å². The molecular formula is C14H21NO3S. The van der Waals surface area contributed by atoms with Crippen molar-refractivity contribution in [1.82, 2.24) is 4.31 Å². The Labute approximate surface area is 115 Å². The Morgan fingerprint density at radius 2 is 1.89 bits per heavy atom. The third-order valence-electron chi connectivity index (χ3n) is 4.05. The van der Waals surface area contributed by atoms with E-state index in [1.807, 2.05) is 13.0 Å². The van der Waals surface area contributed by atoms with Crippen LogP contribution in [-0.2, 0) is 16.6 Å². The van der Waals surface area contributed by atoms with Crippen molar-refractivity contribution in [3.63, 3.8) is 0 Å². The van der Waals surface area contributed by atoms with Gasteiger partial charge in [-0.15, -0.1) is 0 Å². The highest BCUT2D eigenvalue weighted by molar-refractivity contribution is 7.89.